The summed E-state index contributed by atoms with van der Waals surface area (Å²) in [5.74, 6) is -0.859. The maximum Gasteiger partial charge on any atom is 0.344 e. The molecule has 0 radical (unpaired) electrons. The lowest BCUT2D eigenvalue weighted by Gasteiger charge is -2.30. The number of rotatable bonds is 6. The number of carbonyl (C=O) groups is 3. The van der Waals surface area contributed by atoms with Crippen molar-refractivity contribution in [2.75, 3.05) is 12.4 Å². The Morgan fingerprint density at radius 2 is 2.11 bits per heavy atom. The van der Waals surface area contributed by atoms with E-state index in [2.05, 4.69) is 26.3 Å². The van der Waals surface area contributed by atoms with Gasteiger partial charge in [-0.25, -0.2) is 9.48 Å². The highest BCUT2D eigenvalue weighted by atomic mass is 32.2. The SMILES string of the molecule is O=C(CSc1nnnn1C[C@H]1CCCO1)NN1C(=O)NC2(CCCCC2)C1=O. The summed E-state index contributed by atoms with van der Waals surface area (Å²) in [7, 11) is 0. The van der Waals surface area contributed by atoms with Crippen LogP contribution in [0.3, 0.4) is 0 Å². The van der Waals surface area contributed by atoms with Gasteiger partial charge in [0.2, 0.25) is 11.1 Å². The molecule has 152 valence electrons. The van der Waals surface area contributed by atoms with E-state index in [0.29, 0.717) is 24.5 Å². The Morgan fingerprint density at radius 3 is 2.86 bits per heavy atom. The third kappa shape index (κ3) is 3.83. The number of hydrogen-bond acceptors (Lipinski definition) is 8. The van der Waals surface area contributed by atoms with Gasteiger partial charge in [-0.15, -0.1) is 5.10 Å². The molecule has 12 heteroatoms. The molecular formula is C16H23N7O4S. The fraction of sp³-hybridized carbons (Fsp3) is 0.750. The van der Waals surface area contributed by atoms with Crippen molar-refractivity contribution >= 4 is 29.6 Å². The molecule has 1 atom stereocenters. The first-order chi connectivity index (χ1) is 13.6. The smallest absolute Gasteiger partial charge is 0.344 e. The van der Waals surface area contributed by atoms with Crippen LogP contribution in [-0.2, 0) is 20.9 Å². The Morgan fingerprint density at radius 1 is 1.29 bits per heavy atom. The van der Waals surface area contributed by atoms with E-state index in [-0.39, 0.29) is 17.8 Å². The van der Waals surface area contributed by atoms with Gasteiger partial charge < -0.3 is 10.1 Å². The number of carbonyl (C=O) groups excluding carboxylic acids is 3. The summed E-state index contributed by atoms with van der Waals surface area (Å²) in [5, 5.41) is 15.6. The Bertz CT molecular complexity index is 758. The van der Waals surface area contributed by atoms with E-state index in [1.807, 2.05) is 0 Å². The molecule has 1 spiro atoms. The molecule has 2 N–H and O–H groups in total. The number of hydrogen-bond donors (Lipinski definition) is 2. The van der Waals surface area contributed by atoms with Gasteiger partial charge in [0.25, 0.3) is 5.91 Å². The zero-order valence-corrected chi connectivity index (χ0v) is 16.2. The zero-order valence-electron chi connectivity index (χ0n) is 15.4. The van der Waals surface area contributed by atoms with Crippen LogP contribution in [0, 0.1) is 0 Å². The van der Waals surface area contributed by atoms with Gasteiger partial charge in [-0.2, -0.15) is 5.01 Å². The van der Waals surface area contributed by atoms with Gasteiger partial charge in [0, 0.05) is 6.61 Å². The molecule has 1 aromatic rings. The van der Waals surface area contributed by atoms with Crippen molar-refractivity contribution in [2.45, 2.75) is 68.3 Å². The number of amides is 4. The van der Waals surface area contributed by atoms with Gasteiger partial charge in [-0.05, 0) is 36.1 Å². The fourth-order valence-corrected chi connectivity index (χ4v) is 4.58. The molecular weight excluding hydrogens is 386 g/mol. The molecule has 4 amide bonds. The average Bonchev–Trinajstić information content (AvgIpc) is 3.40. The van der Waals surface area contributed by atoms with Crippen LogP contribution in [0.5, 0.6) is 0 Å². The Hall–Kier alpha value is -2.21. The van der Waals surface area contributed by atoms with E-state index in [1.165, 1.54) is 0 Å². The zero-order chi connectivity index (χ0) is 19.6. The second kappa shape index (κ2) is 8.03. The van der Waals surface area contributed by atoms with E-state index < -0.39 is 17.5 Å². The van der Waals surface area contributed by atoms with E-state index in [0.717, 1.165) is 55.5 Å². The summed E-state index contributed by atoms with van der Waals surface area (Å²) in [6, 6.07) is -0.575. The Balaban J connectivity index is 1.31. The highest BCUT2D eigenvalue weighted by molar-refractivity contribution is 7.99. The van der Waals surface area contributed by atoms with Crippen LogP contribution in [0.2, 0.25) is 0 Å². The average molecular weight is 409 g/mol. The minimum Gasteiger partial charge on any atom is -0.376 e. The lowest BCUT2D eigenvalue weighted by molar-refractivity contribution is -0.139. The predicted molar refractivity (Wildman–Crippen MR) is 96.9 cm³/mol. The number of aromatic nitrogens is 4. The summed E-state index contributed by atoms with van der Waals surface area (Å²) >= 11 is 1.15. The first-order valence-electron chi connectivity index (χ1n) is 9.54. The number of nitrogens with zero attached hydrogens (tertiary/aromatic N) is 5. The molecule has 1 aromatic heterocycles. The van der Waals surface area contributed by atoms with Crippen molar-refractivity contribution < 1.29 is 19.1 Å². The number of urea groups is 1. The maximum absolute atomic E-state index is 12.7. The quantitative estimate of drug-likeness (QED) is 0.504. The molecule has 0 unspecified atom stereocenters. The number of nitrogens with one attached hydrogen (secondary N) is 2. The van der Waals surface area contributed by atoms with Gasteiger partial charge in [-0.3, -0.25) is 15.0 Å². The first kappa shape index (κ1) is 19.1. The van der Waals surface area contributed by atoms with Gasteiger partial charge in [-0.1, -0.05) is 31.0 Å². The fourth-order valence-electron chi connectivity index (χ4n) is 3.90. The molecule has 3 fully saturated rings. The van der Waals surface area contributed by atoms with Crippen LogP contribution in [-0.4, -0.2) is 67.1 Å². The largest absolute Gasteiger partial charge is 0.376 e. The van der Waals surface area contributed by atoms with Crippen LogP contribution in [0.1, 0.15) is 44.9 Å². The molecule has 28 heavy (non-hydrogen) atoms. The minimum absolute atomic E-state index is 0.0179. The van der Waals surface area contributed by atoms with Crippen LogP contribution in [0.4, 0.5) is 4.79 Å². The number of imide groups is 1. The van der Waals surface area contributed by atoms with Gasteiger partial charge in [0.05, 0.1) is 18.4 Å². The Kier molecular flexibility index (Phi) is 5.49. The molecule has 2 aliphatic heterocycles. The maximum atomic E-state index is 12.7. The van der Waals surface area contributed by atoms with E-state index in [9.17, 15) is 14.4 Å². The molecule has 3 heterocycles. The van der Waals surface area contributed by atoms with Crippen molar-refractivity contribution in [1.29, 1.82) is 0 Å². The second-order valence-electron chi connectivity index (χ2n) is 7.32. The lowest BCUT2D eigenvalue weighted by atomic mass is 9.82. The first-order valence-corrected chi connectivity index (χ1v) is 10.5. The van der Waals surface area contributed by atoms with Crippen molar-refractivity contribution in [1.82, 2.24) is 36.0 Å². The normalized spacial score (nSPS) is 24.0. The molecule has 11 nitrogen and oxygen atoms in total. The van der Waals surface area contributed by atoms with Gasteiger partial charge in [0.15, 0.2) is 0 Å². The standard InChI is InChI=1S/C16H23N7O4S/c24-12(10-28-15-18-20-21-22(15)9-11-5-4-8-27-11)19-23-13(25)16(17-14(23)26)6-2-1-3-7-16/h11H,1-10H2,(H,17,26)(H,19,24)/t11-/m1/s1. The number of thioether (sulfide) groups is 1. The highest BCUT2D eigenvalue weighted by Gasteiger charge is 2.52. The van der Waals surface area contributed by atoms with E-state index in [4.69, 9.17) is 4.74 Å². The van der Waals surface area contributed by atoms with Crippen molar-refractivity contribution in [3.8, 4) is 0 Å². The predicted octanol–water partition coefficient (Wildman–Crippen LogP) is 0.230. The topological polar surface area (TPSA) is 131 Å². The molecule has 1 aliphatic carbocycles. The third-order valence-electron chi connectivity index (χ3n) is 5.34. The van der Waals surface area contributed by atoms with E-state index in [1.54, 1.807) is 4.68 Å². The summed E-state index contributed by atoms with van der Waals surface area (Å²) in [4.78, 5) is 37.2. The summed E-state index contributed by atoms with van der Waals surface area (Å²) in [6.07, 6.45) is 6.09. The number of ether oxygens (including phenoxy) is 1. The monoisotopic (exact) mass is 409 g/mol. The lowest BCUT2D eigenvalue weighted by Crippen LogP contribution is -2.51. The molecule has 2 saturated heterocycles. The van der Waals surface area contributed by atoms with Crippen LogP contribution in [0.25, 0.3) is 0 Å². The van der Waals surface area contributed by atoms with Crippen LogP contribution < -0.4 is 10.7 Å². The van der Waals surface area contributed by atoms with Crippen LogP contribution >= 0.6 is 11.8 Å². The van der Waals surface area contributed by atoms with E-state index >= 15 is 0 Å². The number of tetrazole rings is 1. The number of hydrazine groups is 1. The summed E-state index contributed by atoms with van der Waals surface area (Å²) < 4.78 is 7.19. The van der Waals surface area contributed by atoms with Crippen molar-refractivity contribution in [3.63, 3.8) is 0 Å². The third-order valence-corrected chi connectivity index (χ3v) is 6.29. The highest BCUT2D eigenvalue weighted by Crippen LogP contribution is 2.33. The molecule has 4 rings (SSSR count). The summed E-state index contributed by atoms with van der Waals surface area (Å²) in [6.45, 7) is 1.28. The van der Waals surface area contributed by atoms with Gasteiger partial charge in [0.1, 0.15) is 5.54 Å². The van der Waals surface area contributed by atoms with Gasteiger partial charge >= 0.3 is 6.03 Å². The molecule has 3 aliphatic rings. The Labute approximate surface area is 165 Å². The summed E-state index contributed by atoms with van der Waals surface area (Å²) in [5.41, 5.74) is 1.55. The molecule has 0 aromatic carbocycles. The minimum atomic E-state index is -0.860. The van der Waals surface area contributed by atoms with Crippen molar-refractivity contribution in [2.24, 2.45) is 0 Å². The van der Waals surface area contributed by atoms with Crippen LogP contribution in [0.15, 0.2) is 5.16 Å². The molecule has 1 saturated carbocycles. The second-order valence-corrected chi connectivity index (χ2v) is 8.26. The molecule has 0 bridgehead atoms. The van der Waals surface area contributed by atoms with Crippen molar-refractivity contribution in [3.05, 3.63) is 0 Å².